The average Bonchev–Trinajstić information content (AvgIpc) is 1.56. The predicted octanol–water partition coefficient (Wildman–Crippen LogP) is -5.26. The first-order valence-electron chi connectivity index (χ1n) is 33.8. The minimum absolute atomic E-state index is 0.0322. The zero-order chi connectivity index (χ0) is 69.1. The van der Waals surface area contributed by atoms with Crippen LogP contribution in [-0.2, 0) is 61.6 Å². The van der Waals surface area contributed by atoms with Gasteiger partial charge in [-0.05, 0) is 107 Å². The Balaban J connectivity index is 0.840. The molecule has 4 saturated carbocycles. The zero-order valence-electron chi connectivity index (χ0n) is 55.0. The van der Waals surface area contributed by atoms with Gasteiger partial charge in [-0.15, -0.1) is 0 Å². The Morgan fingerprint density at radius 3 is 1.77 bits per heavy atom. The highest BCUT2D eigenvalue weighted by atomic mass is 16.8. The third-order valence-corrected chi connectivity index (χ3v) is 24.3. The fraction of sp³-hybridized carbons (Fsp3) is 0.969. The third-order valence-electron chi connectivity index (χ3n) is 24.3. The largest absolute Gasteiger partial charge is 0.394 e. The van der Waals surface area contributed by atoms with Crippen LogP contribution in [0.15, 0.2) is 11.6 Å². The highest BCUT2D eigenvalue weighted by Crippen LogP contribution is 2.78. The second-order valence-electron chi connectivity index (χ2n) is 30.7. The van der Waals surface area contributed by atoms with Gasteiger partial charge in [0.15, 0.2) is 37.7 Å². The molecule has 11 rings (SSSR count). The molecule has 4 aliphatic carbocycles. The van der Waals surface area contributed by atoms with E-state index >= 15 is 0 Å². The van der Waals surface area contributed by atoms with Gasteiger partial charge in [0.2, 0.25) is 0 Å². The van der Waals surface area contributed by atoms with Crippen LogP contribution in [0.2, 0.25) is 0 Å². The molecule has 18 N–H and O–H groups in total. The summed E-state index contributed by atoms with van der Waals surface area (Å²) in [4.78, 5) is 0. The number of fused-ring (bicyclic) bond motifs is 4. The summed E-state index contributed by atoms with van der Waals surface area (Å²) >= 11 is 0. The molecule has 31 heteroatoms. The van der Waals surface area contributed by atoms with E-state index < -0.39 is 228 Å². The summed E-state index contributed by atoms with van der Waals surface area (Å²) in [6.45, 7) is 13.3. The molecule has 0 aromatic heterocycles. The second kappa shape index (κ2) is 28.6. The van der Waals surface area contributed by atoms with Gasteiger partial charge in [-0.1, -0.05) is 39.3 Å². The number of rotatable bonds is 19. The maximum absolute atomic E-state index is 12.9. The number of hydrogen-bond acceptors (Lipinski definition) is 31. The molecule has 11 aliphatic rings. The van der Waals surface area contributed by atoms with E-state index in [2.05, 4.69) is 27.7 Å². The normalized spacial score (nSPS) is 54.0. The molecular weight excluding hydrogens is 1260 g/mol. The number of ether oxygens (including phenoxy) is 13. The minimum Gasteiger partial charge on any atom is -0.394 e. The second-order valence-corrected chi connectivity index (χ2v) is 30.7. The van der Waals surface area contributed by atoms with E-state index in [0.29, 0.717) is 19.4 Å². The highest BCUT2D eigenvalue weighted by molar-refractivity contribution is 5.24. The summed E-state index contributed by atoms with van der Waals surface area (Å²) in [7, 11) is 0. The van der Waals surface area contributed by atoms with Crippen LogP contribution in [0, 0.1) is 45.3 Å². The Hall–Kier alpha value is -1.50. The number of hydrogen-bond donors (Lipinski definition) is 18. The van der Waals surface area contributed by atoms with E-state index in [1.165, 1.54) is 6.92 Å². The summed E-state index contributed by atoms with van der Waals surface area (Å²) < 4.78 is 80.5. The zero-order valence-corrected chi connectivity index (χ0v) is 55.0. The van der Waals surface area contributed by atoms with Gasteiger partial charge in [-0.3, -0.25) is 0 Å². The standard InChI is InChI=1S/C64H106O31/c1-24(2)15-26(88-57-50(81)45(76)41(72)32(19-66)90-57)16-63(8,82)37-27-9-10-35-61(6)13-12-36(60(4,5)34(61)11-14-62(35,7)64(27)17-30(37)86-23-64)92-58-53(95-56-49(80)43(74)38(69)25(3)87-56)51(29(68)21-84-58)93-59-52(94-55-47(78)39(70)28(67)20-83-55)46(77)42(73)33(91-59)22-85-54-48(79)44(75)40(71)31(18-65)89-54/h15,25-59,65-82H,9-14,16-23H2,1-8H3/t25-,26-,27-,28+,29-,30+,31+,32+,33+,34+,35+,36-,37+,38-,39-,40+,41+,42+,43+,44-,45-,46-,47+,48+,49+,50+,51-,52+,53+,54+,55-,56-,57+,58-,59-,61-,62+,63-,64-/m0/s1. The van der Waals surface area contributed by atoms with E-state index in [9.17, 15) is 91.9 Å². The predicted molar refractivity (Wildman–Crippen MR) is 318 cm³/mol. The molecule has 1 spiro atoms. The minimum atomic E-state index is -2.07. The van der Waals surface area contributed by atoms with Crippen LogP contribution in [-0.4, -0.2) is 327 Å². The molecule has 7 saturated heterocycles. The molecule has 0 aromatic carbocycles. The number of allylic oxidation sites excluding steroid dienone is 1. The molecule has 548 valence electrons. The van der Waals surface area contributed by atoms with Gasteiger partial charge < -0.3 is 153 Å². The Bertz CT molecular complexity index is 2580. The van der Waals surface area contributed by atoms with Crippen molar-refractivity contribution >= 4 is 0 Å². The molecule has 95 heavy (non-hydrogen) atoms. The Morgan fingerprint density at radius 1 is 0.537 bits per heavy atom. The van der Waals surface area contributed by atoms with E-state index in [1.54, 1.807) is 0 Å². The maximum Gasteiger partial charge on any atom is 0.187 e. The maximum atomic E-state index is 12.9. The molecule has 2 bridgehead atoms. The Kier molecular flexibility index (Phi) is 22.5. The summed E-state index contributed by atoms with van der Waals surface area (Å²) in [5.74, 6) is -0.0192. The van der Waals surface area contributed by atoms with Crippen LogP contribution in [0.25, 0.3) is 0 Å². The van der Waals surface area contributed by atoms with Crippen LogP contribution in [0.4, 0.5) is 0 Å². The number of aliphatic hydroxyl groups excluding tert-OH is 17. The van der Waals surface area contributed by atoms with Crippen molar-refractivity contribution in [3.8, 4) is 0 Å². The fourth-order valence-corrected chi connectivity index (χ4v) is 19.2. The van der Waals surface area contributed by atoms with Crippen LogP contribution in [0.1, 0.15) is 107 Å². The Morgan fingerprint density at radius 2 is 1.11 bits per heavy atom. The first-order valence-corrected chi connectivity index (χ1v) is 33.8. The van der Waals surface area contributed by atoms with Crippen LogP contribution < -0.4 is 0 Å². The molecule has 7 aliphatic heterocycles. The van der Waals surface area contributed by atoms with Crippen molar-refractivity contribution in [1.29, 1.82) is 0 Å². The van der Waals surface area contributed by atoms with Crippen molar-refractivity contribution in [3.05, 3.63) is 11.6 Å². The highest BCUT2D eigenvalue weighted by Gasteiger charge is 2.75. The molecule has 0 amide bonds. The Labute approximate surface area is 551 Å². The van der Waals surface area contributed by atoms with Crippen molar-refractivity contribution < 1.29 is 153 Å². The lowest BCUT2D eigenvalue weighted by Crippen LogP contribution is -2.68. The van der Waals surface area contributed by atoms with Crippen molar-refractivity contribution in [2.45, 2.75) is 303 Å². The van der Waals surface area contributed by atoms with Gasteiger partial charge in [-0.25, -0.2) is 0 Å². The van der Waals surface area contributed by atoms with Crippen LogP contribution >= 0.6 is 0 Å². The van der Waals surface area contributed by atoms with Crippen molar-refractivity contribution in [1.82, 2.24) is 0 Å². The van der Waals surface area contributed by atoms with Gasteiger partial charge in [-0.2, -0.15) is 0 Å². The van der Waals surface area contributed by atoms with Crippen molar-refractivity contribution in [3.63, 3.8) is 0 Å². The van der Waals surface area contributed by atoms with Crippen LogP contribution in [0.3, 0.4) is 0 Å². The molecule has 11 fully saturated rings. The third kappa shape index (κ3) is 13.4. The van der Waals surface area contributed by atoms with Gasteiger partial charge in [0.1, 0.15) is 128 Å². The first kappa shape index (κ1) is 74.7. The monoisotopic (exact) mass is 1370 g/mol. The van der Waals surface area contributed by atoms with E-state index in [4.69, 9.17) is 61.6 Å². The van der Waals surface area contributed by atoms with Gasteiger partial charge in [0, 0.05) is 17.8 Å². The molecule has 0 aromatic rings. The average molecular weight is 1370 g/mol. The lowest BCUT2D eigenvalue weighted by atomic mass is 9.35. The molecule has 31 nitrogen and oxygen atoms in total. The molecular formula is C64H106O31. The van der Waals surface area contributed by atoms with Gasteiger partial charge >= 0.3 is 0 Å². The van der Waals surface area contributed by atoms with E-state index in [-0.39, 0.29) is 52.4 Å². The lowest BCUT2D eigenvalue weighted by Gasteiger charge is -2.70. The summed E-state index contributed by atoms with van der Waals surface area (Å²) in [5.41, 5.74) is -1.96. The van der Waals surface area contributed by atoms with Crippen LogP contribution in [0.5, 0.6) is 0 Å². The number of aliphatic hydroxyl groups is 18. The summed E-state index contributed by atoms with van der Waals surface area (Å²) in [6, 6.07) is 0. The SMILES string of the molecule is CC(C)=C[C@@H](C[C@](C)(O)[C@H]1[C@H]2C[C@]3(CO2)[C@H]1CC[C@@H]1[C@@]2(C)CC[C@H](O[C@@H]4OC[C@H](O)[C@H](O[C@@H]5O[C@H](CO[C@@H]6O[C@H](CO)[C@@H](O)[C@H](O)[C@H]6O)[C@@H](O)[C@H](O)[C@H]5O[C@@H]5OC[C@@H](O)[C@H](O)[C@H]5O)[C@H]4O[C@@H]4O[C@@H](C)[C@H](O)[C@@H](O)[C@H]4O)C(C)(C)[C@H]2CC[C@]13C)O[C@@H]1O[C@H](CO)[C@@H](O)[C@H](O)[C@H]1O. The molecule has 0 radical (unpaired) electrons. The lowest BCUT2D eigenvalue weighted by molar-refractivity contribution is -0.401. The molecule has 0 unspecified atom stereocenters. The van der Waals surface area contributed by atoms with Crippen molar-refractivity contribution in [2.75, 3.05) is 39.6 Å². The smallest absolute Gasteiger partial charge is 0.187 e. The summed E-state index contributed by atoms with van der Waals surface area (Å²) in [6.07, 6.45) is -42.1. The van der Waals surface area contributed by atoms with Gasteiger partial charge in [0.25, 0.3) is 0 Å². The molecule has 7 heterocycles. The van der Waals surface area contributed by atoms with Crippen molar-refractivity contribution in [2.24, 2.45) is 45.3 Å². The topological polar surface area (TPSA) is 484 Å². The molecule has 39 atom stereocenters. The first-order chi connectivity index (χ1) is 44.6. The quantitative estimate of drug-likeness (QED) is 0.0424. The summed E-state index contributed by atoms with van der Waals surface area (Å²) in [5, 5.41) is 197. The fourth-order valence-electron chi connectivity index (χ4n) is 19.2. The van der Waals surface area contributed by atoms with Gasteiger partial charge in [0.05, 0.1) is 69.7 Å². The van der Waals surface area contributed by atoms with E-state index in [1.807, 2.05) is 26.8 Å². The van der Waals surface area contributed by atoms with E-state index in [0.717, 1.165) is 37.7 Å².